The summed E-state index contributed by atoms with van der Waals surface area (Å²) in [5.74, 6) is -1.55. The van der Waals surface area contributed by atoms with Crippen LogP contribution in [-0.2, 0) is 10.3 Å². The van der Waals surface area contributed by atoms with Gasteiger partial charge in [0.15, 0.2) is 0 Å². The van der Waals surface area contributed by atoms with Gasteiger partial charge < -0.3 is 10.0 Å². The van der Waals surface area contributed by atoms with Crippen molar-refractivity contribution in [3.05, 3.63) is 34.6 Å². The minimum atomic E-state index is -1.35. The highest BCUT2D eigenvalue weighted by molar-refractivity contribution is 6.31. The summed E-state index contributed by atoms with van der Waals surface area (Å²) >= 11 is 5.95. The Hall–Kier alpha value is -1.17. The average molecular weight is 289 g/mol. The van der Waals surface area contributed by atoms with Crippen LogP contribution in [0.3, 0.4) is 0 Å². The van der Waals surface area contributed by atoms with Crippen molar-refractivity contribution in [2.24, 2.45) is 0 Å². The number of hydrogen-bond donors (Lipinski definition) is 2. The molecule has 1 aromatic rings. The largest absolute Gasteiger partial charge is 0.480 e. The van der Waals surface area contributed by atoms with E-state index in [-0.39, 0.29) is 5.02 Å². The van der Waals surface area contributed by atoms with Crippen LogP contribution in [0.5, 0.6) is 0 Å². The molecular weight excluding hydrogens is 271 g/mol. The second-order valence-electron chi connectivity index (χ2n) is 4.78. The molecular formula is C13H18ClFN2O2. The predicted molar refractivity (Wildman–Crippen MR) is 73.0 cm³/mol. The number of likely N-dealkylation sites (N-methyl/N-ethyl adjacent to an activating group) is 1. The van der Waals surface area contributed by atoms with Gasteiger partial charge in [0.2, 0.25) is 0 Å². The quantitative estimate of drug-likeness (QED) is 0.840. The first-order chi connectivity index (χ1) is 8.77. The highest BCUT2D eigenvalue weighted by Gasteiger charge is 2.36. The summed E-state index contributed by atoms with van der Waals surface area (Å²) in [5, 5.41) is 12.5. The molecule has 0 saturated carbocycles. The molecule has 0 aromatic heterocycles. The highest BCUT2D eigenvalue weighted by Crippen LogP contribution is 2.29. The van der Waals surface area contributed by atoms with Gasteiger partial charge in [0.1, 0.15) is 11.4 Å². The number of halogens is 2. The predicted octanol–water partition coefficient (Wildman–Crippen LogP) is 1.93. The van der Waals surface area contributed by atoms with Crippen LogP contribution in [0.2, 0.25) is 5.02 Å². The molecule has 0 radical (unpaired) electrons. The van der Waals surface area contributed by atoms with Crippen LogP contribution in [0, 0.1) is 5.82 Å². The van der Waals surface area contributed by atoms with E-state index in [0.717, 1.165) is 6.07 Å². The lowest BCUT2D eigenvalue weighted by Crippen LogP contribution is -2.48. The van der Waals surface area contributed by atoms with E-state index in [1.165, 1.54) is 19.1 Å². The highest BCUT2D eigenvalue weighted by atomic mass is 35.5. The molecule has 0 spiro atoms. The molecule has 1 aromatic carbocycles. The summed E-state index contributed by atoms with van der Waals surface area (Å²) in [4.78, 5) is 13.4. The molecule has 0 aliphatic carbocycles. The zero-order valence-electron chi connectivity index (χ0n) is 11.2. The first-order valence-electron chi connectivity index (χ1n) is 5.86. The summed E-state index contributed by atoms with van der Waals surface area (Å²) in [6.07, 6.45) is 0. The molecule has 0 saturated heterocycles. The number of carbonyl (C=O) groups is 1. The Morgan fingerprint density at radius 1 is 1.53 bits per heavy atom. The Labute approximate surface area is 117 Å². The second-order valence-corrected chi connectivity index (χ2v) is 5.19. The van der Waals surface area contributed by atoms with Crippen molar-refractivity contribution >= 4 is 17.6 Å². The lowest BCUT2D eigenvalue weighted by atomic mass is 9.92. The van der Waals surface area contributed by atoms with E-state index in [2.05, 4.69) is 5.32 Å². The third-order valence-electron chi connectivity index (χ3n) is 2.94. The van der Waals surface area contributed by atoms with Crippen LogP contribution in [0.1, 0.15) is 12.5 Å². The summed E-state index contributed by atoms with van der Waals surface area (Å²) in [7, 11) is 3.79. The number of rotatable bonds is 6. The minimum absolute atomic E-state index is 0.0993. The van der Waals surface area contributed by atoms with Crippen LogP contribution in [-0.4, -0.2) is 43.2 Å². The molecule has 4 nitrogen and oxygen atoms in total. The third kappa shape index (κ3) is 3.89. The summed E-state index contributed by atoms with van der Waals surface area (Å²) in [6.45, 7) is 2.68. The number of hydrogen-bond acceptors (Lipinski definition) is 3. The number of nitrogens with one attached hydrogen (secondary N) is 1. The summed E-state index contributed by atoms with van der Waals surface area (Å²) in [6, 6.07) is 3.72. The molecule has 6 heteroatoms. The standard InChI is InChI=1S/C13H18ClFN2O2/c1-13(12(18)19,16-6-7-17(2)3)10-5-4-9(15)8-11(10)14/h4-5,8,16H,6-7H2,1-3H3,(H,18,19). The molecule has 2 N–H and O–H groups in total. The summed E-state index contributed by atoms with van der Waals surface area (Å²) < 4.78 is 13.0. The molecule has 0 heterocycles. The fourth-order valence-electron chi connectivity index (χ4n) is 1.71. The number of benzene rings is 1. The normalized spacial score (nSPS) is 14.4. The minimum Gasteiger partial charge on any atom is -0.480 e. The van der Waals surface area contributed by atoms with Gasteiger partial charge >= 0.3 is 5.97 Å². The first kappa shape index (κ1) is 15.9. The van der Waals surface area contributed by atoms with Crippen LogP contribution in [0.15, 0.2) is 18.2 Å². The Bertz CT molecular complexity index is 468. The van der Waals surface area contributed by atoms with E-state index in [0.29, 0.717) is 18.7 Å². The number of carboxylic acids is 1. The lowest BCUT2D eigenvalue weighted by molar-refractivity contribution is -0.144. The Morgan fingerprint density at radius 2 is 2.16 bits per heavy atom. The van der Waals surface area contributed by atoms with Gasteiger partial charge in [-0.15, -0.1) is 0 Å². The summed E-state index contributed by atoms with van der Waals surface area (Å²) in [5.41, 5.74) is -0.998. The molecule has 0 aliphatic rings. The van der Waals surface area contributed by atoms with Gasteiger partial charge in [-0.25, -0.2) is 9.18 Å². The van der Waals surface area contributed by atoms with E-state index in [1.807, 2.05) is 19.0 Å². The first-order valence-corrected chi connectivity index (χ1v) is 6.24. The van der Waals surface area contributed by atoms with Crippen molar-refractivity contribution in [3.63, 3.8) is 0 Å². The molecule has 0 aliphatic heterocycles. The van der Waals surface area contributed by atoms with Crippen molar-refractivity contribution in [2.75, 3.05) is 27.2 Å². The van der Waals surface area contributed by atoms with Gasteiger partial charge in [-0.2, -0.15) is 0 Å². The fourth-order valence-corrected chi connectivity index (χ4v) is 2.07. The lowest BCUT2D eigenvalue weighted by Gasteiger charge is -2.28. The Kier molecular flexibility index (Phi) is 5.29. The number of aliphatic carboxylic acids is 1. The molecule has 106 valence electrons. The van der Waals surface area contributed by atoms with Crippen LogP contribution < -0.4 is 5.32 Å². The van der Waals surface area contributed by atoms with Gasteiger partial charge in [0.05, 0.1) is 0 Å². The van der Waals surface area contributed by atoms with Crippen molar-refractivity contribution < 1.29 is 14.3 Å². The van der Waals surface area contributed by atoms with Crippen LogP contribution >= 0.6 is 11.6 Å². The molecule has 0 amide bonds. The maximum atomic E-state index is 13.0. The van der Waals surface area contributed by atoms with Crippen molar-refractivity contribution in [1.29, 1.82) is 0 Å². The average Bonchev–Trinajstić information content (AvgIpc) is 2.27. The fraction of sp³-hybridized carbons (Fsp3) is 0.462. The Morgan fingerprint density at radius 3 is 2.63 bits per heavy atom. The van der Waals surface area contributed by atoms with E-state index < -0.39 is 17.3 Å². The van der Waals surface area contributed by atoms with E-state index in [9.17, 15) is 14.3 Å². The van der Waals surface area contributed by atoms with Crippen LogP contribution in [0.4, 0.5) is 4.39 Å². The topological polar surface area (TPSA) is 52.6 Å². The van der Waals surface area contributed by atoms with Gasteiger partial charge in [-0.3, -0.25) is 5.32 Å². The molecule has 1 unspecified atom stereocenters. The number of carboxylic acid groups (broad SMARTS) is 1. The van der Waals surface area contributed by atoms with Gasteiger partial charge in [0, 0.05) is 23.7 Å². The zero-order valence-corrected chi connectivity index (χ0v) is 12.0. The van der Waals surface area contributed by atoms with Crippen LogP contribution in [0.25, 0.3) is 0 Å². The van der Waals surface area contributed by atoms with E-state index in [4.69, 9.17) is 11.6 Å². The number of nitrogens with zero attached hydrogens (tertiary/aromatic N) is 1. The smallest absolute Gasteiger partial charge is 0.328 e. The maximum absolute atomic E-state index is 13.0. The molecule has 1 rings (SSSR count). The van der Waals surface area contributed by atoms with Crippen molar-refractivity contribution in [2.45, 2.75) is 12.5 Å². The molecule has 1 atom stereocenters. The van der Waals surface area contributed by atoms with Gasteiger partial charge in [-0.1, -0.05) is 17.7 Å². The monoisotopic (exact) mass is 288 g/mol. The SMILES string of the molecule is CN(C)CCNC(C)(C(=O)O)c1ccc(F)cc1Cl. The molecule has 0 bridgehead atoms. The van der Waals surface area contributed by atoms with E-state index in [1.54, 1.807) is 0 Å². The van der Waals surface area contributed by atoms with Crippen molar-refractivity contribution in [3.8, 4) is 0 Å². The van der Waals surface area contributed by atoms with Gasteiger partial charge in [0.25, 0.3) is 0 Å². The maximum Gasteiger partial charge on any atom is 0.328 e. The second kappa shape index (κ2) is 6.32. The molecule has 0 fully saturated rings. The molecule has 19 heavy (non-hydrogen) atoms. The van der Waals surface area contributed by atoms with E-state index >= 15 is 0 Å². The van der Waals surface area contributed by atoms with Gasteiger partial charge in [-0.05, 0) is 33.2 Å². The third-order valence-corrected chi connectivity index (χ3v) is 3.25. The Balaban J connectivity index is 3.01. The zero-order chi connectivity index (χ0) is 14.6. The van der Waals surface area contributed by atoms with Crippen molar-refractivity contribution in [1.82, 2.24) is 10.2 Å².